The molecule has 1 aliphatic heterocycles. The summed E-state index contributed by atoms with van der Waals surface area (Å²) >= 11 is 0. The zero-order valence-electron chi connectivity index (χ0n) is 19.3. The van der Waals surface area contributed by atoms with Crippen LogP contribution in [0.1, 0.15) is 55.7 Å². The molecule has 4 rings (SSSR count). The maximum Gasteiger partial charge on any atom is 0.119 e. The SMILES string of the molecule is CCCCC(=C(c1ccccc1)c1ccccc1)c1ccc(OCCN2CCCC2)cc1. The van der Waals surface area contributed by atoms with Crippen LogP contribution < -0.4 is 4.74 Å². The molecular formula is C30H35NO. The third kappa shape index (κ3) is 5.89. The Bertz CT molecular complexity index is 929. The Morgan fingerprint density at radius 3 is 1.91 bits per heavy atom. The largest absolute Gasteiger partial charge is 0.492 e. The fraction of sp³-hybridized carbons (Fsp3) is 0.333. The zero-order chi connectivity index (χ0) is 22.0. The second-order valence-electron chi connectivity index (χ2n) is 8.61. The van der Waals surface area contributed by atoms with Gasteiger partial charge in [0, 0.05) is 6.54 Å². The lowest BCUT2D eigenvalue weighted by Crippen LogP contribution is -2.25. The molecule has 0 N–H and O–H groups in total. The van der Waals surface area contributed by atoms with E-state index in [0.717, 1.165) is 25.3 Å². The van der Waals surface area contributed by atoms with E-state index in [1.54, 1.807) is 0 Å². The van der Waals surface area contributed by atoms with Crippen LogP contribution in [0.25, 0.3) is 11.1 Å². The van der Waals surface area contributed by atoms with Crippen molar-refractivity contribution in [1.82, 2.24) is 4.90 Å². The first-order valence-corrected chi connectivity index (χ1v) is 12.1. The summed E-state index contributed by atoms with van der Waals surface area (Å²) in [5, 5.41) is 0. The molecule has 2 nitrogen and oxygen atoms in total. The van der Waals surface area contributed by atoms with Crippen LogP contribution in [0.4, 0.5) is 0 Å². The van der Waals surface area contributed by atoms with Crippen LogP contribution in [0.5, 0.6) is 5.75 Å². The van der Waals surface area contributed by atoms with Gasteiger partial charge in [-0.25, -0.2) is 0 Å². The number of allylic oxidation sites excluding steroid dienone is 1. The van der Waals surface area contributed by atoms with E-state index in [-0.39, 0.29) is 0 Å². The standard InChI is InChI=1S/C30H35NO/c1-2-3-16-29(30(26-12-6-4-7-13-26)27-14-8-5-9-15-27)25-17-19-28(20-18-25)32-24-23-31-21-10-11-22-31/h4-9,12-15,17-20H,2-3,10-11,16,21-24H2,1H3. The van der Waals surface area contributed by atoms with Gasteiger partial charge in [-0.3, -0.25) is 4.90 Å². The number of nitrogens with zero attached hydrogens (tertiary/aromatic N) is 1. The molecule has 0 aliphatic carbocycles. The third-order valence-electron chi connectivity index (χ3n) is 6.28. The lowest BCUT2D eigenvalue weighted by molar-refractivity contribution is 0.238. The molecule has 0 radical (unpaired) electrons. The highest BCUT2D eigenvalue weighted by Gasteiger charge is 2.14. The van der Waals surface area contributed by atoms with E-state index in [2.05, 4.69) is 96.8 Å². The van der Waals surface area contributed by atoms with Crippen molar-refractivity contribution in [2.45, 2.75) is 39.0 Å². The molecule has 2 heteroatoms. The maximum absolute atomic E-state index is 6.06. The highest BCUT2D eigenvalue weighted by Crippen LogP contribution is 2.36. The summed E-state index contributed by atoms with van der Waals surface area (Å²) < 4.78 is 6.06. The van der Waals surface area contributed by atoms with Gasteiger partial charge in [-0.1, -0.05) is 86.1 Å². The molecular weight excluding hydrogens is 390 g/mol. The third-order valence-corrected chi connectivity index (χ3v) is 6.28. The molecule has 166 valence electrons. The summed E-state index contributed by atoms with van der Waals surface area (Å²) in [4.78, 5) is 2.49. The van der Waals surface area contributed by atoms with Crippen molar-refractivity contribution in [3.05, 3.63) is 102 Å². The van der Waals surface area contributed by atoms with Gasteiger partial charge in [0.05, 0.1) is 0 Å². The number of benzene rings is 3. The van der Waals surface area contributed by atoms with Gasteiger partial charge in [0.25, 0.3) is 0 Å². The highest BCUT2D eigenvalue weighted by molar-refractivity contribution is 5.98. The Morgan fingerprint density at radius 1 is 0.750 bits per heavy atom. The van der Waals surface area contributed by atoms with E-state index >= 15 is 0 Å². The molecule has 0 atom stereocenters. The number of hydrogen-bond acceptors (Lipinski definition) is 2. The highest BCUT2D eigenvalue weighted by atomic mass is 16.5. The molecule has 0 spiro atoms. The lowest BCUT2D eigenvalue weighted by atomic mass is 9.87. The Hall–Kier alpha value is -2.84. The zero-order valence-corrected chi connectivity index (χ0v) is 19.3. The molecule has 32 heavy (non-hydrogen) atoms. The normalized spacial score (nSPS) is 13.8. The minimum absolute atomic E-state index is 0.761. The van der Waals surface area contributed by atoms with Gasteiger partial charge in [0.1, 0.15) is 12.4 Å². The maximum atomic E-state index is 6.06. The van der Waals surface area contributed by atoms with Gasteiger partial charge in [-0.2, -0.15) is 0 Å². The van der Waals surface area contributed by atoms with Crippen molar-refractivity contribution in [1.29, 1.82) is 0 Å². The molecule has 0 aromatic heterocycles. The quantitative estimate of drug-likeness (QED) is 0.316. The summed E-state index contributed by atoms with van der Waals surface area (Å²) in [5.41, 5.74) is 6.58. The molecule has 1 fully saturated rings. The summed E-state index contributed by atoms with van der Waals surface area (Å²) in [6.45, 7) is 6.48. The van der Waals surface area contributed by atoms with Crippen molar-refractivity contribution in [3.8, 4) is 5.75 Å². The molecule has 0 saturated carbocycles. The van der Waals surface area contributed by atoms with Crippen molar-refractivity contribution < 1.29 is 4.74 Å². The Kier molecular flexibility index (Phi) is 8.17. The summed E-state index contributed by atoms with van der Waals surface area (Å²) in [6, 6.07) is 30.4. The van der Waals surface area contributed by atoms with Crippen molar-refractivity contribution in [3.63, 3.8) is 0 Å². The fourth-order valence-corrected chi connectivity index (χ4v) is 4.54. The van der Waals surface area contributed by atoms with Gasteiger partial charge < -0.3 is 4.74 Å². The van der Waals surface area contributed by atoms with Gasteiger partial charge in [-0.15, -0.1) is 0 Å². The van der Waals surface area contributed by atoms with E-state index in [1.807, 2.05) is 0 Å². The Balaban J connectivity index is 1.62. The first-order chi connectivity index (χ1) is 15.8. The topological polar surface area (TPSA) is 12.5 Å². The van der Waals surface area contributed by atoms with Crippen LogP contribution in [0.15, 0.2) is 84.9 Å². The van der Waals surface area contributed by atoms with Crippen LogP contribution in [0.2, 0.25) is 0 Å². The van der Waals surface area contributed by atoms with E-state index < -0.39 is 0 Å². The first kappa shape index (κ1) is 22.4. The second kappa shape index (κ2) is 11.7. The molecule has 1 aliphatic rings. The minimum atomic E-state index is 0.761. The number of unbranched alkanes of at least 4 members (excludes halogenated alkanes) is 1. The second-order valence-corrected chi connectivity index (χ2v) is 8.61. The van der Waals surface area contributed by atoms with Gasteiger partial charge in [0.2, 0.25) is 0 Å². The molecule has 0 bridgehead atoms. The predicted octanol–water partition coefficient (Wildman–Crippen LogP) is 7.31. The van der Waals surface area contributed by atoms with Gasteiger partial charge in [0.15, 0.2) is 0 Å². The Labute approximate surface area is 193 Å². The lowest BCUT2D eigenvalue weighted by Gasteiger charge is -2.18. The van der Waals surface area contributed by atoms with E-state index in [4.69, 9.17) is 4.74 Å². The molecule has 1 heterocycles. The van der Waals surface area contributed by atoms with Crippen molar-refractivity contribution >= 4 is 11.1 Å². The van der Waals surface area contributed by atoms with Crippen LogP contribution in [0, 0.1) is 0 Å². The monoisotopic (exact) mass is 425 g/mol. The molecule has 3 aromatic carbocycles. The molecule has 0 unspecified atom stereocenters. The number of ether oxygens (including phenoxy) is 1. The van der Waals surface area contributed by atoms with E-state index in [0.29, 0.717) is 0 Å². The van der Waals surface area contributed by atoms with Crippen molar-refractivity contribution in [2.75, 3.05) is 26.2 Å². The van der Waals surface area contributed by atoms with Gasteiger partial charge in [-0.05, 0) is 78.7 Å². The smallest absolute Gasteiger partial charge is 0.119 e. The van der Waals surface area contributed by atoms with Crippen molar-refractivity contribution in [2.24, 2.45) is 0 Å². The number of hydrogen-bond donors (Lipinski definition) is 0. The van der Waals surface area contributed by atoms with Crippen LogP contribution in [-0.2, 0) is 0 Å². The average Bonchev–Trinajstić information content (AvgIpc) is 3.37. The number of likely N-dealkylation sites (tertiary alicyclic amines) is 1. The van der Waals surface area contributed by atoms with Crippen LogP contribution in [0.3, 0.4) is 0 Å². The van der Waals surface area contributed by atoms with E-state index in [1.165, 1.54) is 66.6 Å². The minimum Gasteiger partial charge on any atom is -0.492 e. The molecule has 0 amide bonds. The molecule has 3 aromatic rings. The first-order valence-electron chi connectivity index (χ1n) is 12.1. The van der Waals surface area contributed by atoms with Crippen LogP contribution >= 0.6 is 0 Å². The fourth-order valence-electron chi connectivity index (χ4n) is 4.54. The predicted molar refractivity (Wildman–Crippen MR) is 136 cm³/mol. The number of rotatable bonds is 10. The molecule has 1 saturated heterocycles. The van der Waals surface area contributed by atoms with Crippen LogP contribution in [-0.4, -0.2) is 31.1 Å². The summed E-state index contributed by atoms with van der Waals surface area (Å²) in [7, 11) is 0. The Morgan fingerprint density at radius 2 is 1.34 bits per heavy atom. The average molecular weight is 426 g/mol. The van der Waals surface area contributed by atoms with E-state index in [9.17, 15) is 0 Å². The van der Waals surface area contributed by atoms with Gasteiger partial charge >= 0.3 is 0 Å². The summed E-state index contributed by atoms with van der Waals surface area (Å²) in [6.07, 6.45) is 6.06. The summed E-state index contributed by atoms with van der Waals surface area (Å²) in [5.74, 6) is 0.962.